The topological polar surface area (TPSA) is 56.3 Å². The maximum atomic E-state index is 11.2. The van der Waals surface area contributed by atoms with Gasteiger partial charge in [-0.15, -0.1) is 0 Å². The predicted molar refractivity (Wildman–Crippen MR) is 75.7 cm³/mol. The van der Waals surface area contributed by atoms with Crippen LogP contribution in [0.2, 0.25) is 0 Å². The highest BCUT2D eigenvalue weighted by Gasteiger charge is 2.14. The lowest BCUT2D eigenvalue weighted by Crippen LogP contribution is -1.99. The van der Waals surface area contributed by atoms with E-state index in [1.54, 1.807) is 6.07 Å². The molecular weight excluding hydrogens is 354 g/mol. The Hall–Kier alpha value is -1.11. The van der Waals surface area contributed by atoms with Gasteiger partial charge in [-0.2, -0.15) is 0 Å². The molecule has 0 N–H and O–H groups in total. The second-order valence-electron chi connectivity index (χ2n) is 3.68. The molecule has 0 amide bonds. The molecule has 4 nitrogen and oxygen atoms in total. The summed E-state index contributed by atoms with van der Waals surface area (Å²) in [5.74, 6) is 0.380. The Morgan fingerprint density at radius 1 is 1.21 bits per heavy atom. The van der Waals surface area contributed by atoms with E-state index in [-0.39, 0.29) is 5.03 Å². The minimum absolute atomic E-state index is 0.244. The Morgan fingerprint density at radius 3 is 2.53 bits per heavy atom. The number of ether oxygens (including phenoxy) is 1. The van der Waals surface area contributed by atoms with Gasteiger partial charge in [0.15, 0.2) is 5.03 Å². The summed E-state index contributed by atoms with van der Waals surface area (Å²) in [6, 6.07) is 12.4. The van der Waals surface area contributed by atoms with Gasteiger partial charge < -0.3 is 4.74 Å². The van der Waals surface area contributed by atoms with Gasteiger partial charge in [0.1, 0.15) is 17.0 Å². The summed E-state index contributed by atoms with van der Waals surface area (Å²) < 4.78 is 28.3. The lowest BCUT2D eigenvalue weighted by atomic mass is 10.2. The lowest BCUT2D eigenvalue weighted by molar-refractivity contribution is 0.304. The molecule has 1 heterocycles. The summed E-state index contributed by atoms with van der Waals surface area (Å²) in [5.41, 5.74) is 0.978. The first-order valence-electron chi connectivity index (χ1n) is 5.24. The normalized spacial score (nSPS) is 11.3. The Balaban J connectivity index is 2.19. The van der Waals surface area contributed by atoms with Crippen molar-refractivity contribution in [3.05, 3.63) is 52.6 Å². The highest BCUT2D eigenvalue weighted by atomic mass is 79.9. The van der Waals surface area contributed by atoms with Gasteiger partial charge in [-0.25, -0.2) is 13.4 Å². The van der Waals surface area contributed by atoms with Crippen LogP contribution in [-0.2, 0) is 15.7 Å². The number of benzene rings is 1. The number of rotatable bonds is 4. The van der Waals surface area contributed by atoms with Crippen molar-refractivity contribution in [2.24, 2.45) is 0 Å². The number of aromatic nitrogens is 1. The summed E-state index contributed by atoms with van der Waals surface area (Å²) in [5, 5.41) is -0.244. The van der Waals surface area contributed by atoms with E-state index in [0.717, 1.165) is 5.56 Å². The third kappa shape index (κ3) is 4.19. The largest absolute Gasteiger partial charge is 0.489 e. The lowest BCUT2D eigenvalue weighted by Gasteiger charge is -2.07. The van der Waals surface area contributed by atoms with Crippen LogP contribution in [0.15, 0.2) is 52.1 Å². The van der Waals surface area contributed by atoms with Crippen LogP contribution >= 0.6 is 26.6 Å². The van der Waals surface area contributed by atoms with Gasteiger partial charge in [-0.1, -0.05) is 30.3 Å². The maximum Gasteiger partial charge on any atom is 0.278 e. The van der Waals surface area contributed by atoms with Crippen molar-refractivity contribution in [3.63, 3.8) is 0 Å². The molecule has 2 aromatic rings. The molecule has 0 aliphatic heterocycles. The van der Waals surface area contributed by atoms with Gasteiger partial charge >= 0.3 is 0 Å². The summed E-state index contributed by atoms with van der Waals surface area (Å²) >= 11 is 3.12. The molecule has 0 radical (unpaired) electrons. The molecule has 0 saturated carbocycles. The average molecular weight is 363 g/mol. The van der Waals surface area contributed by atoms with Gasteiger partial charge in [0.05, 0.1) is 0 Å². The van der Waals surface area contributed by atoms with Gasteiger partial charge in [0, 0.05) is 22.8 Å². The molecule has 0 atom stereocenters. The van der Waals surface area contributed by atoms with E-state index < -0.39 is 9.05 Å². The van der Waals surface area contributed by atoms with Crippen molar-refractivity contribution in [3.8, 4) is 5.75 Å². The molecule has 0 fully saturated rings. The van der Waals surface area contributed by atoms with Gasteiger partial charge in [-0.3, -0.25) is 0 Å². The molecule has 19 heavy (non-hydrogen) atoms. The molecule has 0 aliphatic carbocycles. The Kier molecular flexibility index (Phi) is 4.44. The van der Waals surface area contributed by atoms with Crippen LogP contribution in [0.25, 0.3) is 0 Å². The monoisotopic (exact) mass is 361 g/mol. The fraction of sp³-hybridized carbons (Fsp3) is 0.0833. The standard InChI is InChI=1S/C12H9BrClNO3S/c13-11-6-10(7-12(15-11)19(14,16)17)18-8-9-4-2-1-3-5-9/h1-7H,8H2. The molecule has 1 aromatic heterocycles. The van der Waals surface area contributed by atoms with E-state index in [2.05, 4.69) is 20.9 Å². The van der Waals surface area contributed by atoms with Crippen LogP contribution in [0.5, 0.6) is 5.75 Å². The zero-order chi connectivity index (χ0) is 13.9. The zero-order valence-corrected chi connectivity index (χ0v) is 12.7. The van der Waals surface area contributed by atoms with Gasteiger partial charge in [0.25, 0.3) is 9.05 Å². The van der Waals surface area contributed by atoms with E-state index in [1.165, 1.54) is 6.07 Å². The van der Waals surface area contributed by atoms with Crippen molar-refractivity contribution < 1.29 is 13.2 Å². The molecular formula is C12H9BrClNO3S. The molecule has 0 aliphatic rings. The molecule has 2 rings (SSSR count). The number of halogens is 2. The van der Waals surface area contributed by atoms with E-state index in [0.29, 0.717) is 17.0 Å². The fourth-order valence-corrected chi connectivity index (χ4v) is 2.64. The van der Waals surface area contributed by atoms with Crippen molar-refractivity contribution in [2.75, 3.05) is 0 Å². The first-order valence-corrected chi connectivity index (χ1v) is 8.34. The van der Waals surface area contributed by atoms with Gasteiger partial charge in [-0.05, 0) is 21.5 Å². The van der Waals surface area contributed by atoms with Crippen LogP contribution in [0.3, 0.4) is 0 Å². The molecule has 0 unspecified atom stereocenters. The van der Waals surface area contributed by atoms with E-state index in [1.807, 2.05) is 30.3 Å². The molecule has 1 aromatic carbocycles. The van der Waals surface area contributed by atoms with Crippen molar-refractivity contribution in [1.29, 1.82) is 0 Å². The maximum absolute atomic E-state index is 11.2. The van der Waals surface area contributed by atoms with Crippen LogP contribution in [0, 0.1) is 0 Å². The minimum Gasteiger partial charge on any atom is -0.489 e. The summed E-state index contributed by atoms with van der Waals surface area (Å²) in [4.78, 5) is 3.78. The second kappa shape index (κ2) is 5.90. The van der Waals surface area contributed by atoms with Gasteiger partial charge in [0.2, 0.25) is 0 Å². The SMILES string of the molecule is O=S(=O)(Cl)c1cc(OCc2ccccc2)cc(Br)n1. The second-order valence-corrected chi connectivity index (χ2v) is 7.00. The van der Waals surface area contributed by atoms with Crippen molar-refractivity contribution in [1.82, 2.24) is 4.98 Å². The first-order chi connectivity index (χ1) is 8.95. The highest BCUT2D eigenvalue weighted by molar-refractivity contribution is 9.10. The van der Waals surface area contributed by atoms with Crippen LogP contribution < -0.4 is 4.74 Å². The third-order valence-electron chi connectivity index (χ3n) is 2.24. The number of nitrogens with zero attached hydrogens (tertiary/aromatic N) is 1. The Morgan fingerprint density at radius 2 is 1.89 bits per heavy atom. The quantitative estimate of drug-likeness (QED) is 0.618. The Bertz CT molecular complexity index is 677. The third-order valence-corrected chi connectivity index (χ3v) is 3.83. The molecule has 0 saturated heterocycles. The molecule has 0 bridgehead atoms. The average Bonchev–Trinajstić information content (AvgIpc) is 2.36. The Labute approximate surface area is 123 Å². The van der Waals surface area contributed by atoms with E-state index in [9.17, 15) is 8.42 Å². The zero-order valence-electron chi connectivity index (χ0n) is 9.58. The van der Waals surface area contributed by atoms with E-state index in [4.69, 9.17) is 15.4 Å². The van der Waals surface area contributed by atoms with Crippen LogP contribution in [0.1, 0.15) is 5.56 Å². The highest BCUT2D eigenvalue weighted by Crippen LogP contribution is 2.23. The molecule has 7 heteroatoms. The smallest absolute Gasteiger partial charge is 0.278 e. The summed E-state index contributed by atoms with van der Waals surface area (Å²) in [6.45, 7) is 0.332. The van der Waals surface area contributed by atoms with Crippen molar-refractivity contribution in [2.45, 2.75) is 11.6 Å². The molecule has 0 spiro atoms. The number of hydrogen-bond donors (Lipinski definition) is 0. The van der Waals surface area contributed by atoms with Crippen molar-refractivity contribution >= 4 is 35.7 Å². The van der Waals surface area contributed by atoms with Crippen LogP contribution in [-0.4, -0.2) is 13.4 Å². The number of hydrogen-bond acceptors (Lipinski definition) is 4. The summed E-state index contributed by atoms with van der Waals surface area (Å²) in [6.07, 6.45) is 0. The first kappa shape index (κ1) is 14.3. The predicted octanol–water partition coefficient (Wildman–Crippen LogP) is 3.35. The minimum atomic E-state index is -3.88. The van der Waals surface area contributed by atoms with E-state index >= 15 is 0 Å². The fourth-order valence-electron chi connectivity index (χ4n) is 1.40. The van der Waals surface area contributed by atoms with Crippen LogP contribution in [0.4, 0.5) is 0 Å². The number of pyridine rings is 1. The summed E-state index contributed by atoms with van der Waals surface area (Å²) in [7, 11) is 1.37. The molecule has 100 valence electrons.